The van der Waals surface area contributed by atoms with Gasteiger partial charge in [-0.1, -0.05) is 37.6 Å². The molecule has 1 aliphatic rings. The first-order chi connectivity index (χ1) is 12.0. The summed E-state index contributed by atoms with van der Waals surface area (Å²) in [5.41, 5.74) is 1.65. The summed E-state index contributed by atoms with van der Waals surface area (Å²) < 4.78 is 11.2. The number of morpholine rings is 1. The molecule has 0 aliphatic carbocycles. The highest BCUT2D eigenvalue weighted by atomic mass is 35.5. The summed E-state index contributed by atoms with van der Waals surface area (Å²) in [6, 6.07) is 7.85. The molecule has 2 heterocycles. The van der Waals surface area contributed by atoms with Crippen LogP contribution in [0.4, 0.5) is 6.01 Å². The van der Waals surface area contributed by atoms with Gasteiger partial charge in [-0.25, -0.2) is 0 Å². The number of aromatic nitrogens is 1. The normalized spacial score (nSPS) is 14.8. The highest BCUT2D eigenvalue weighted by molar-refractivity contribution is 6.30. The Hall–Kier alpha value is -2.05. The Kier molecular flexibility index (Phi) is 5.60. The average molecular weight is 364 g/mol. The molecule has 0 saturated carbocycles. The number of nitrogens with one attached hydrogen (secondary N) is 1. The summed E-state index contributed by atoms with van der Waals surface area (Å²) >= 11 is 5.88. The third-order valence-electron chi connectivity index (χ3n) is 4.04. The summed E-state index contributed by atoms with van der Waals surface area (Å²) in [4.78, 5) is 19.1. The monoisotopic (exact) mass is 363 g/mol. The number of oxazole rings is 1. The second-order valence-corrected chi connectivity index (χ2v) is 6.71. The summed E-state index contributed by atoms with van der Waals surface area (Å²) in [6.07, 6.45) is 0. The SMILES string of the molecule is CC(C)c1nc(N2CCOCC2)oc1C(=O)NCc1ccc(Cl)cc1. The van der Waals surface area contributed by atoms with Gasteiger partial charge in [0.1, 0.15) is 0 Å². The van der Waals surface area contributed by atoms with E-state index in [1.165, 1.54) is 0 Å². The lowest BCUT2D eigenvalue weighted by Gasteiger charge is -2.24. The zero-order valence-electron chi connectivity index (χ0n) is 14.4. The smallest absolute Gasteiger partial charge is 0.298 e. The third-order valence-corrected chi connectivity index (χ3v) is 4.30. The molecule has 1 fully saturated rings. The molecular weight excluding hydrogens is 342 g/mol. The summed E-state index contributed by atoms with van der Waals surface area (Å²) in [5.74, 6) is 0.117. The van der Waals surface area contributed by atoms with Crippen LogP contribution in [0.1, 0.15) is 41.6 Å². The highest BCUT2D eigenvalue weighted by Crippen LogP contribution is 2.25. The molecule has 1 aliphatic heterocycles. The van der Waals surface area contributed by atoms with Crippen LogP contribution in [0.3, 0.4) is 0 Å². The molecular formula is C18H22ClN3O3. The van der Waals surface area contributed by atoms with Gasteiger partial charge in [0.05, 0.1) is 18.9 Å². The minimum Gasteiger partial charge on any atom is -0.418 e. The lowest BCUT2D eigenvalue weighted by atomic mass is 10.1. The van der Waals surface area contributed by atoms with Crippen LogP contribution >= 0.6 is 11.6 Å². The Balaban J connectivity index is 1.73. The molecule has 1 aromatic heterocycles. The van der Waals surface area contributed by atoms with Gasteiger partial charge >= 0.3 is 0 Å². The van der Waals surface area contributed by atoms with Gasteiger partial charge < -0.3 is 19.4 Å². The molecule has 3 rings (SSSR count). The molecule has 2 aromatic rings. The van der Waals surface area contributed by atoms with Gasteiger partial charge in [0.2, 0.25) is 5.76 Å². The van der Waals surface area contributed by atoms with E-state index in [0.29, 0.717) is 49.6 Å². The van der Waals surface area contributed by atoms with Gasteiger partial charge in [-0.15, -0.1) is 0 Å². The summed E-state index contributed by atoms with van der Waals surface area (Å²) in [7, 11) is 0. The Bertz CT molecular complexity index is 722. The topological polar surface area (TPSA) is 67.6 Å². The minimum atomic E-state index is -0.259. The van der Waals surface area contributed by atoms with Crippen LogP contribution in [-0.2, 0) is 11.3 Å². The van der Waals surface area contributed by atoms with Crippen LogP contribution in [0.15, 0.2) is 28.7 Å². The van der Waals surface area contributed by atoms with Crippen molar-refractivity contribution in [2.24, 2.45) is 0 Å². The number of amides is 1. The Morgan fingerprint density at radius 2 is 1.96 bits per heavy atom. The van der Waals surface area contributed by atoms with Gasteiger partial charge in [-0.3, -0.25) is 4.79 Å². The van der Waals surface area contributed by atoms with Crippen molar-refractivity contribution in [2.75, 3.05) is 31.2 Å². The first kappa shape index (κ1) is 17.8. The molecule has 25 heavy (non-hydrogen) atoms. The maximum Gasteiger partial charge on any atom is 0.298 e. The van der Waals surface area contributed by atoms with E-state index in [2.05, 4.69) is 10.3 Å². The molecule has 1 amide bonds. The van der Waals surface area contributed by atoms with E-state index in [1.807, 2.05) is 30.9 Å². The van der Waals surface area contributed by atoms with E-state index in [1.54, 1.807) is 12.1 Å². The molecule has 1 aromatic carbocycles. The van der Waals surface area contributed by atoms with Crippen molar-refractivity contribution < 1.29 is 13.9 Å². The van der Waals surface area contributed by atoms with Crippen molar-refractivity contribution in [3.8, 4) is 0 Å². The Morgan fingerprint density at radius 3 is 2.60 bits per heavy atom. The number of ether oxygens (including phenoxy) is 1. The summed E-state index contributed by atoms with van der Waals surface area (Å²) in [6.45, 7) is 7.09. The van der Waals surface area contributed by atoms with E-state index < -0.39 is 0 Å². The quantitative estimate of drug-likeness (QED) is 0.883. The van der Waals surface area contributed by atoms with Crippen molar-refractivity contribution in [2.45, 2.75) is 26.3 Å². The number of anilines is 1. The highest BCUT2D eigenvalue weighted by Gasteiger charge is 2.25. The van der Waals surface area contributed by atoms with Gasteiger partial charge in [-0.05, 0) is 23.6 Å². The van der Waals surface area contributed by atoms with Crippen LogP contribution < -0.4 is 10.2 Å². The standard InChI is InChI=1S/C18H22ClN3O3/c1-12(2)15-16(25-18(21-15)22-7-9-24-10-8-22)17(23)20-11-13-3-5-14(19)6-4-13/h3-6,12H,7-11H2,1-2H3,(H,20,23). The van der Waals surface area contributed by atoms with Crippen molar-refractivity contribution >= 4 is 23.5 Å². The van der Waals surface area contributed by atoms with Crippen LogP contribution in [0, 0.1) is 0 Å². The van der Waals surface area contributed by atoms with Crippen LogP contribution in [0.2, 0.25) is 5.02 Å². The molecule has 1 saturated heterocycles. The van der Waals surface area contributed by atoms with Gasteiger partial charge in [0.25, 0.3) is 11.9 Å². The van der Waals surface area contributed by atoms with Crippen LogP contribution in [0.25, 0.3) is 0 Å². The number of halogens is 1. The molecule has 0 bridgehead atoms. The first-order valence-corrected chi connectivity index (χ1v) is 8.78. The molecule has 1 N–H and O–H groups in total. The minimum absolute atomic E-state index is 0.0924. The molecule has 7 heteroatoms. The van der Waals surface area contributed by atoms with Gasteiger partial charge in [0, 0.05) is 24.7 Å². The van der Waals surface area contributed by atoms with Crippen molar-refractivity contribution in [3.05, 3.63) is 46.3 Å². The molecule has 0 radical (unpaired) electrons. The third kappa shape index (κ3) is 4.32. The second-order valence-electron chi connectivity index (χ2n) is 6.27. The maximum absolute atomic E-state index is 12.6. The Morgan fingerprint density at radius 1 is 1.28 bits per heavy atom. The number of hydrogen-bond acceptors (Lipinski definition) is 5. The lowest BCUT2D eigenvalue weighted by Crippen LogP contribution is -2.36. The number of carbonyl (C=O) groups is 1. The number of rotatable bonds is 5. The average Bonchev–Trinajstić information content (AvgIpc) is 3.07. The fraction of sp³-hybridized carbons (Fsp3) is 0.444. The zero-order valence-corrected chi connectivity index (χ0v) is 15.2. The fourth-order valence-electron chi connectivity index (χ4n) is 2.63. The lowest BCUT2D eigenvalue weighted by molar-refractivity contribution is 0.0920. The van der Waals surface area contributed by atoms with Crippen molar-refractivity contribution in [1.82, 2.24) is 10.3 Å². The van der Waals surface area contributed by atoms with E-state index in [0.717, 1.165) is 5.56 Å². The molecule has 134 valence electrons. The molecule has 0 atom stereocenters. The Labute approximate surface area is 152 Å². The number of benzene rings is 1. The van der Waals surface area contributed by atoms with E-state index >= 15 is 0 Å². The molecule has 6 nitrogen and oxygen atoms in total. The van der Waals surface area contributed by atoms with Crippen molar-refractivity contribution in [3.63, 3.8) is 0 Å². The predicted octanol–water partition coefficient (Wildman–Crippen LogP) is 3.22. The van der Waals surface area contributed by atoms with Gasteiger partial charge in [-0.2, -0.15) is 4.98 Å². The summed E-state index contributed by atoms with van der Waals surface area (Å²) in [5, 5.41) is 3.56. The number of nitrogens with zero attached hydrogens (tertiary/aromatic N) is 2. The molecule has 0 unspecified atom stereocenters. The second kappa shape index (κ2) is 7.89. The van der Waals surface area contributed by atoms with Crippen LogP contribution in [0.5, 0.6) is 0 Å². The molecule has 0 spiro atoms. The van der Waals surface area contributed by atoms with Crippen molar-refractivity contribution in [1.29, 1.82) is 0 Å². The first-order valence-electron chi connectivity index (χ1n) is 8.40. The van der Waals surface area contributed by atoms with E-state index in [9.17, 15) is 4.79 Å². The fourth-order valence-corrected chi connectivity index (χ4v) is 2.75. The number of carbonyl (C=O) groups excluding carboxylic acids is 1. The zero-order chi connectivity index (χ0) is 17.8. The largest absolute Gasteiger partial charge is 0.418 e. The van der Waals surface area contributed by atoms with E-state index in [4.69, 9.17) is 20.8 Å². The number of hydrogen-bond donors (Lipinski definition) is 1. The maximum atomic E-state index is 12.6. The predicted molar refractivity (Wildman–Crippen MR) is 96.2 cm³/mol. The van der Waals surface area contributed by atoms with E-state index in [-0.39, 0.29) is 17.6 Å². The van der Waals surface area contributed by atoms with Gasteiger partial charge in [0.15, 0.2) is 0 Å². The van der Waals surface area contributed by atoms with Crippen LogP contribution in [-0.4, -0.2) is 37.2 Å².